The van der Waals surface area contributed by atoms with Crippen LogP contribution in [-0.4, -0.2) is 36.9 Å². The lowest BCUT2D eigenvalue weighted by molar-refractivity contribution is -0.117. The molecule has 0 saturated heterocycles. The van der Waals surface area contributed by atoms with Crippen molar-refractivity contribution in [3.8, 4) is 0 Å². The van der Waals surface area contributed by atoms with Crippen molar-refractivity contribution in [2.45, 2.75) is 20.4 Å². The Morgan fingerprint density at radius 3 is 2.56 bits per heavy atom. The second kappa shape index (κ2) is 8.99. The molecule has 0 fully saturated rings. The number of amides is 2. The van der Waals surface area contributed by atoms with Crippen molar-refractivity contribution < 1.29 is 9.59 Å². The van der Waals surface area contributed by atoms with Gasteiger partial charge in [0.1, 0.15) is 0 Å². The van der Waals surface area contributed by atoms with Gasteiger partial charge in [-0.1, -0.05) is 30.3 Å². The van der Waals surface area contributed by atoms with Crippen molar-refractivity contribution in [2.24, 2.45) is 0 Å². The predicted molar refractivity (Wildman–Crippen MR) is 101 cm³/mol. The van der Waals surface area contributed by atoms with Crippen molar-refractivity contribution in [3.05, 3.63) is 65.2 Å². The normalized spacial score (nSPS) is 10.6. The van der Waals surface area contributed by atoms with Crippen LogP contribution < -0.4 is 10.6 Å². The smallest absolute Gasteiger partial charge is 0.251 e. The third kappa shape index (κ3) is 5.72. The van der Waals surface area contributed by atoms with E-state index in [9.17, 15) is 9.59 Å². The Bertz CT molecular complexity index is 743. The number of carbonyl (C=O) groups excluding carboxylic acids is 2. The van der Waals surface area contributed by atoms with Crippen LogP contribution in [0.15, 0.2) is 48.5 Å². The molecule has 0 aromatic heterocycles. The Labute approximate surface area is 149 Å². The van der Waals surface area contributed by atoms with E-state index >= 15 is 0 Å². The molecule has 0 atom stereocenters. The summed E-state index contributed by atoms with van der Waals surface area (Å²) in [4.78, 5) is 26.1. The molecule has 0 aliphatic carbocycles. The largest absolute Gasteiger partial charge is 0.352 e. The Balaban J connectivity index is 1.92. The van der Waals surface area contributed by atoms with Crippen LogP contribution in [-0.2, 0) is 11.3 Å². The van der Waals surface area contributed by atoms with Crippen LogP contribution in [0.3, 0.4) is 0 Å². The van der Waals surface area contributed by atoms with Crippen molar-refractivity contribution in [1.82, 2.24) is 10.2 Å². The van der Waals surface area contributed by atoms with Gasteiger partial charge in [-0.3, -0.25) is 14.5 Å². The molecular formula is C20H25N3O2. The van der Waals surface area contributed by atoms with Crippen LogP contribution in [0.25, 0.3) is 0 Å². The standard InChI is InChI=1S/C20H25N3O2/c1-4-21-20(25)16-10-7-11-18(12-16)22-19(24)14-23(3)13-17-9-6-5-8-15(17)2/h5-12H,4,13-14H2,1-3H3,(H,21,25)(H,22,24). The van der Waals surface area contributed by atoms with E-state index < -0.39 is 0 Å². The summed E-state index contributed by atoms with van der Waals surface area (Å²) in [6.07, 6.45) is 0. The van der Waals surface area contributed by atoms with E-state index in [1.165, 1.54) is 11.1 Å². The van der Waals surface area contributed by atoms with E-state index in [1.54, 1.807) is 24.3 Å². The van der Waals surface area contributed by atoms with Crippen molar-refractivity contribution in [1.29, 1.82) is 0 Å². The van der Waals surface area contributed by atoms with Crippen molar-refractivity contribution in [3.63, 3.8) is 0 Å². The van der Waals surface area contributed by atoms with E-state index in [-0.39, 0.29) is 18.4 Å². The van der Waals surface area contributed by atoms with Crippen LogP contribution in [0.4, 0.5) is 5.69 Å². The molecule has 0 bridgehead atoms. The summed E-state index contributed by atoms with van der Waals surface area (Å²) in [5.74, 6) is -0.251. The number of benzene rings is 2. The quantitative estimate of drug-likeness (QED) is 0.815. The number of carbonyl (C=O) groups is 2. The van der Waals surface area contributed by atoms with Gasteiger partial charge >= 0.3 is 0 Å². The number of hydrogen-bond donors (Lipinski definition) is 2. The van der Waals surface area contributed by atoms with Gasteiger partial charge in [0.25, 0.3) is 5.91 Å². The van der Waals surface area contributed by atoms with E-state index in [0.29, 0.717) is 24.3 Å². The number of likely N-dealkylation sites (N-methyl/N-ethyl adjacent to an activating group) is 1. The van der Waals surface area contributed by atoms with Gasteiger partial charge in [0, 0.05) is 24.3 Å². The van der Waals surface area contributed by atoms with Gasteiger partial charge in [0.05, 0.1) is 6.54 Å². The first-order valence-corrected chi connectivity index (χ1v) is 8.40. The summed E-state index contributed by atoms with van der Waals surface area (Å²) in [7, 11) is 1.91. The fourth-order valence-corrected chi connectivity index (χ4v) is 2.58. The molecule has 0 spiro atoms. The Hall–Kier alpha value is -2.66. The van der Waals surface area contributed by atoms with Gasteiger partial charge in [-0.2, -0.15) is 0 Å². The number of anilines is 1. The summed E-state index contributed by atoms with van der Waals surface area (Å²) in [6.45, 7) is 5.49. The minimum absolute atomic E-state index is 0.107. The highest BCUT2D eigenvalue weighted by molar-refractivity contribution is 5.97. The van der Waals surface area contributed by atoms with Crippen LogP contribution in [0.1, 0.15) is 28.4 Å². The van der Waals surface area contributed by atoms with Gasteiger partial charge in [0.2, 0.25) is 5.91 Å². The van der Waals surface area contributed by atoms with E-state index in [1.807, 2.05) is 31.0 Å². The van der Waals surface area contributed by atoms with Crippen molar-refractivity contribution >= 4 is 17.5 Å². The summed E-state index contributed by atoms with van der Waals surface area (Å²) >= 11 is 0. The highest BCUT2D eigenvalue weighted by atomic mass is 16.2. The maximum absolute atomic E-state index is 12.3. The van der Waals surface area contributed by atoms with E-state index in [2.05, 4.69) is 29.7 Å². The molecule has 2 aromatic rings. The summed E-state index contributed by atoms with van der Waals surface area (Å²) < 4.78 is 0. The maximum Gasteiger partial charge on any atom is 0.251 e. The highest BCUT2D eigenvalue weighted by Crippen LogP contribution is 2.12. The summed E-state index contributed by atoms with van der Waals surface area (Å²) in [5, 5.41) is 5.60. The lowest BCUT2D eigenvalue weighted by atomic mass is 10.1. The second-order valence-corrected chi connectivity index (χ2v) is 6.09. The molecule has 0 radical (unpaired) electrons. The third-order valence-electron chi connectivity index (χ3n) is 3.86. The molecule has 0 heterocycles. The number of aryl methyl sites for hydroxylation is 1. The van der Waals surface area contributed by atoms with Crippen LogP contribution in [0, 0.1) is 6.92 Å². The molecule has 25 heavy (non-hydrogen) atoms. The maximum atomic E-state index is 12.3. The topological polar surface area (TPSA) is 61.4 Å². The molecule has 0 aliphatic rings. The molecule has 0 aliphatic heterocycles. The average molecular weight is 339 g/mol. The Morgan fingerprint density at radius 1 is 1.08 bits per heavy atom. The zero-order valence-corrected chi connectivity index (χ0v) is 15.0. The second-order valence-electron chi connectivity index (χ2n) is 6.09. The van der Waals surface area contributed by atoms with Crippen LogP contribution in [0.2, 0.25) is 0 Å². The molecule has 2 amide bonds. The van der Waals surface area contributed by atoms with Gasteiger partial charge in [-0.25, -0.2) is 0 Å². The number of nitrogens with zero attached hydrogens (tertiary/aromatic N) is 1. The monoisotopic (exact) mass is 339 g/mol. The Kier molecular flexibility index (Phi) is 6.71. The summed E-state index contributed by atoms with van der Waals surface area (Å²) in [6, 6.07) is 15.1. The Morgan fingerprint density at radius 2 is 1.84 bits per heavy atom. The van der Waals surface area contributed by atoms with Crippen LogP contribution in [0.5, 0.6) is 0 Å². The zero-order valence-electron chi connectivity index (χ0n) is 15.0. The molecule has 5 heteroatoms. The fourth-order valence-electron chi connectivity index (χ4n) is 2.58. The lowest BCUT2D eigenvalue weighted by Gasteiger charge is -2.17. The first kappa shape index (κ1) is 18.7. The minimum atomic E-state index is -0.143. The van der Waals surface area contributed by atoms with Gasteiger partial charge in [0.15, 0.2) is 0 Å². The molecule has 2 aromatic carbocycles. The molecule has 0 saturated carbocycles. The fraction of sp³-hybridized carbons (Fsp3) is 0.300. The number of nitrogens with one attached hydrogen (secondary N) is 2. The van der Waals surface area contributed by atoms with Gasteiger partial charge in [-0.05, 0) is 50.2 Å². The molecule has 132 valence electrons. The van der Waals surface area contributed by atoms with Gasteiger partial charge < -0.3 is 10.6 Å². The molecule has 0 unspecified atom stereocenters. The van der Waals surface area contributed by atoms with Crippen LogP contribution >= 0.6 is 0 Å². The zero-order chi connectivity index (χ0) is 18.2. The van der Waals surface area contributed by atoms with E-state index in [0.717, 1.165) is 0 Å². The predicted octanol–water partition coefficient (Wildman–Crippen LogP) is 2.82. The van der Waals surface area contributed by atoms with Crippen molar-refractivity contribution in [2.75, 3.05) is 25.5 Å². The molecule has 5 nitrogen and oxygen atoms in total. The molecule has 2 rings (SSSR count). The highest BCUT2D eigenvalue weighted by Gasteiger charge is 2.10. The first-order valence-electron chi connectivity index (χ1n) is 8.40. The molecule has 2 N–H and O–H groups in total. The lowest BCUT2D eigenvalue weighted by Crippen LogP contribution is -2.30. The summed E-state index contributed by atoms with van der Waals surface area (Å²) in [5.41, 5.74) is 3.58. The van der Waals surface area contributed by atoms with Gasteiger partial charge in [-0.15, -0.1) is 0 Å². The minimum Gasteiger partial charge on any atom is -0.352 e. The average Bonchev–Trinajstić information content (AvgIpc) is 2.57. The number of rotatable bonds is 7. The third-order valence-corrected chi connectivity index (χ3v) is 3.86. The first-order chi connectivity index (χ1) is 12.0. The SMILES string of the molecule is CCNC(=O)c1cccc(NC(=O)CN(C)Cc2ccccc2C)c1. The van der Waals surface area contributed by atoms with E-state index in [4.69, 9.17) is 0 Å². The number of hydrogen-bond acceptors (Lipinski definition) is 3. The molecular weight excluding hydrogens is 314 g/mol.